The molecule has 3 heteroatoms. The van der Waals surface area contributed by atoms with Crippen molar-refractivity contribution in [2.24, 2.45) is 5.92 Å². The minimum Gasteiger partial charge on any atom is -0.367 e. The third kappa shape index (κ3) is 5.02. The predicted octanol–water partition coefficient (Wildman–Crippen LogP) is 5.42. The second-order valence-electron chi connectivity index (χ2n) is 5.98. The molecule has 2 rings (SSSR count). The van der Waals surface area contributed by atoms with E-state index in [0.29, 0.717) is 6.10 Å². The van der Waals surface area contributed by atoms with Gasteiger partial charge in [0.1, 0.15) is 0 Å². The molecule has 0 N–H and O–H groups in total. The van der Waals surface area contributed by atoms with Crippen molar-refractivity contribution in [1.82, 2.24) is 0 Å². The lowest BCUT2D eigenvalue weighted by molar-refractivity contribution is 0.313. The third-order valence-electron chi connectivity index (χ3n) is 3.78. The number of epoxide rings is 1. The Balaban J connectivity index is 1.59. The van der Waals surface area contributed by atoms with Gasteiger partial charge < -0.3 is 4.74 Å². The van der Waals surface area contributed by atoms with Crippen LogP contribution in [0.5, 0.6) is 0 Å². The monoisotopic (exact) mass is 298 g/mol. The number of halogens is 1. The second-order valence-corrected chi connectivity index (χ2v) is 7.59. The quantitative estimate of drug-likeness (QED) is 0.492. The minimum atomic E-state index is 0.151. The molecule has 2 atom stereocenters. The zero-order valence-corrected chi connectivity index (χ0v) is 13.6. The van der Waals surface area contributed by atoms with Crippen LogP contribution in [0.1, 0.15) is 40.0 Å². The van der Waals surface area contributed by atoms with E-state index in [1.165, 1.54) is 29.9 Å². The normalized spacial score (nSPS) is 22.2. The summed E-state index contributed by atoms with van der Waals surface area (Å²) in [6.45, 7) is 6.70. The second kappa shape index (κ2) is 6.51. The Morgan fingerprint density at radius 2 is 1.89 bits per heavy atom. The van der Waals surface area contributed by atoms with E-state index >= 15 is 0 Å². The molecular formula is C16H23ClOS. The molecule has 1 aromatic carbocycles. The molecule has 0 spiro atoms. The van der Waals surface area contributed by atoms with E-state index in [0.717, 1.165) is 10.9 Å². The molecule has 1 aromatic rings. The number of ether oxygens (including phenoxy) is 1. The Kier molecular flexibility index (Phi) is 5.22. The molecule has 1 aliphatic rings. The lowest BCUT2D eigenvalue weighted by Gasteiger charge is -2.10. The smallest absolute Gasteiger partial charge is 0.0892 e. The Morgan fingerprint density at radius 3 is 2.47 bits per heavy atom. The van der Waals surface area contributed by atoms with E-state index in [2.05, 4.69) is 32.9 Å². The van der Waals surface area contributed by atoms with Gasteiger partial charge in [-0.25, -0.2) is 0 Å². The summed E-state index contributed by atoms with van der Waals surface area (Å²) in [5, 5.41) is 0.810. The summed E-state index contributed by atoms with van der Waals surface area (Å²) in [6, 6.07) is 8.11. The molecule has 106 valence electrons. The van der Waals surface area contributed by atoms with Crippen molar-refractivity contribution in [2.45, 2.75) is 56.6 Å². The Hall–Kier alpha value is -0.180. The molecule has 0 bridgehead atoms. The minimum absolute atomic E-state index is 0.151. The highest BCUT2D eigenvalue weighted by Crippen LogP contribution is 2.39. The van der Waals surface area contributed by atoms with Gasteiger partial charge in [-0.15, -0.1) is 11.8 Å². The van der Waals surface area contributed by atoms with E-state index in [4.69, 9.17) is 16.3 Å². The van der Waals surface area contributed by atoms with Crippen LogP contribution in [-0.2, 0) is 4.74 Å². The number of benzene rings is 1. The lowest BCUT2D eigenvalue weighted by Crippen LogP contribution is -2.05. The molecule has 0 aliphatic carbocycles. The average molecular weight is 299 g/mol. The van der Waals surface area contributed by atoms with Crippen molar-refractivity contribution in [3.8, 4) is 0 Å². The highest BCUT2D eigenvalue weighted by molar-refractivity contribution is 7.99. The van der Waals surface area contributed by atoms with Crippen LogP contribution in [0.4, 0.5) is 0 Å². The topological polar surface area (TPSA) is 12.5 Å². The maximum absolute atomic E-state index is 5.87. The zero-order chi connectivity index (χ0) is 13.9. The zero-order valence-electron chi connectivity index (χ0n) is 12.0. The van der Waals surface area contributed by atoms with Crippen molar-refractivity contribution >= 4 is 23.4 Å². The number of thioether (sulfide) groups is 1. The fraction of sp³-hybridized carbons (Fsp3) is 0.625. The Bertz CT molecular complexity index is 402. The van der Waals surface area contributed by atoms with E-state index < -0.39 is 0 Å². The molecule has 0 radical (unpaired) electrons. The summed E-state index contributed by atoms with van der Waals surface area (Å²) in [5.74, 6) is 1.96. The maximum Gasteiger partial charge on any atom is 0.0892 e. The first-order chi connectivity index (χ1) is 8.97. The first-order valence-electron chi connectivity index (χ1n) is 7.03. The molecule has 1 heterocycles. The molecular weight excluding hydrogens is 276 g/mol. The van der Waals surface area contributed by atoms with Crippen molar-refractivity contribution < 1.29 is 4.74 Å². The van der Waals surface area contributed by atoms with Crippen molar-refractivity contribution in [3.63, 3.8) is 0 Å². The van der Waals surface area contributed by atoms with Crippen LogP contribution < -0.4 is 0 Å². The third-order valence-corrected chi connectivity index (χ3v) is 5.08. The van der Waals surface area contributed by atoms with Gasteiger partial charge in [0.25, 0.3) is 0 Å². The first kappa shape index (κ1) is 15.2. The summed E-state index contributed by atoms with van der Waals surface area (Å²) in [5.41, 5.74) is 0.151. The average Bonchev–Trinajstić information content (AvgIpc) is 2.97. The van der Waals surface area contributed by atoms with E-state index in [9.17, 15) is 0 Å². The predicted molar refractivity (Wildman–Crippen MR) is 84.1 cm³/mol. The molecule has 2 unspecified atom stereocenters. The van der Waals surface area contributed by atoms with Gasteiger partial charge in [-0.1, -0.05) is 18.5 Å². The van der Waals surface area contributed by atoms with Crippen LogP contribution in [-0.4, -0.2) is 17.5 Å². The van der Waals surface area contributed by atoms with Gasteiger partial charge in [0.05, 0.1) is 11.7 Å². The molecule has 19 heavy (non-hydrogen) atoms. The van der Waals surface area contributed by atoms with Crippen LogP contribution in [0.25, 0.3) is 0 Å². The van der Waals surface area contributed by atoms with Gasteiger partial charge in [0, 0.05) is 9.92 Å². The summed E-state index contributed by atoms with van der Waals surface area (Å²) >= 11 is 7.79. The molecule has 0 amide bonds. The number of hydrogen-bond donors (Lipinski definition) is 0. The summed E-state index contributed by atoms with van der Waals surface area (Å²) in [4.78, 5) is 1.31. The standard InChI is InChI=1S/C16H23ClOS/c1-12(4-9-15-16(2,3)18-15)10-11-19-14-7-5-13(17)6-8-14/h5-8,12,15H,4,9-11H2,1-3H3. The molecule has 1 fully saturated rings. The van der Waals surface area contributed by atoms with Gasteiger partial charge in [-0.3, -0.25) is 0 Å². The van der Waals surface area contributed by atoms with Crippen LogP contribution >= 0.6 is 23.4 Å². The fourth-order valence-corrected chi connectivity index (χ4v) is 3.44. The van der Waals surface area contributed by atoms with Gasteiger partial charge in [0.15, 0.2) is 0 Å². The van der Waals surface area contributed by atoms with Gasteiger partial charge in [0.2, 0.25) is 0 Å². The van der Waals surface area contributed by atoms with Gasteiger partial charge in [-0.05, 0) is 69.0 Å². The highest BCUT2D eigenvalue weighted by atomic mass is 35.5. The van der Waals surface area contributed by atoms with Crippen LogP contribution in [0.15, 0.2) is 29.2 Å². The highest BCUT2D eigenvalue weighted by Gasteiger charge is 2.46. The molecule has 1 saturated heterocycles. The van der Waals surface area contributed by atoms with Crippen molar-refractivity contribution in [1.29, 1.82) is 0 Å². The fourth-order valence-electron chi connectivity index (χ4n) is 2.23. The largest absolute Gasteiger partial charge is 0.367 e. The number of rotatable bonds is 7. The van der Waals surface area contributed by atoms with Crippen LogP contribution in [0.2, 0.25) is 5.02 Å². The molecule has 1 aliphatic heterocycles. The molecule has 0 saturated carbocycles. The van der Waals surface area contributed by atoms with Gasteiger partial charge >= 0.3 is 0 Å². The van der Waals surface area contributed by atoms with Gasteiger partial charge in [-0.2, -0.15) is 0 Å². The maximum atomic E-state index is 5.87. The first-order valence-corrected chi connectivity index (χ1v) is 8.40. The van der Waals surface area contributed by atoms with Crippen molar-refractivity contribution in [2.75, 3.05) is 5.75 Å². The summed E-state index contributed by atoms with van der Waals surface area (Å²) in [7, 11) is 0. The van der Waals surface area contributed by atoms with Crippen molar-refractivity contribution in [3.05, 3.63) is 29.3 Å². The van der Waals surface area contributed by atoms with E-state index in [1.54, 1.807) is 0 Å². The van der Waals surface area contributed by atoms with Crippen LogP contribution in [0, 0.1) is 5.92 Å². The van der Waals surface area contributed by atoms with E-state index in [1.807, 2.05) is 23.9 Å². The molecule has 1 nitrogen and oxygen atoms in total. The lowest BCUT2D eigenvalue weighted by atomic mass is 9.98. The van der Waals surface area contributed by atoms with E-state index in [-0.39, 0.29) is 5.60 Å². The summed E-state index contributed by atoms with van der Waals surface area (Å²) < 4.78 is 5.62. The Morgan fingerprint density at radius 1 is 1.26 bits per heavy atom. The Labute approximate surface area is 126 Å². The van der Waals surface area contributed by atoms with Crippen LogP contribution in [0.3, 0.4) is 0 Å². The molecule has 0 aromatic heterocycles. The summed E-state index contributed by atoms with van der Waals surface area (Å²) in [6.07, 6.45) is 4.24. The number of hydrogen-bond acceptors (Lipinski definition) is 2. The SMILES string of the molecule is CC(CCSc1ccc(Cl)cc1)CCC1OC1(C)C.